The number of carbonyl (C=O) groups excluding carboxylic acids is 1. The number of benzene rings is 2. The highest BCUT2D eigenvalue weighted by atomic mass is 32.2. The van der Waals surface area contributed by atoms with E-state index in [0.29, 0.717) is 49.2 Å². The number of anilines is 1. The summed E-state index contributed by atoms with van der Waals surface area (Å²) < 4.78 is 47.8. The monoisotopic (exact) mass is 478 g/mol. The van der Waals surface area contributed by atoms with E-state index in [2.05, 4.69) is 5.32 Å². The van der Waals surface area contributed by atoms with Crippen LogP contribution in [0.5, 0.6) is 23.0 Å². The standard InChI is InChI=1S/C23H30N2O7S/c1-17(16-32-20-9-7-19(29-2)8-10-20)24-23(26)5-4-12-25(33(3,27)28)18-6-11-21-22(15-18)31-14-13-30-21/h6-11,15,17H,4-5,12-14,16H2,1-3H3,(H,24,26). The van der Waals surface area contributed by atoms with Crippen molar-refractivity contribution in [2.45, 2.75) is 25.8 Å². The first-order valence-electron chi connectivity index (χ1n) is 10.7. The predicted octanol–water partition coefficient (Wildman–Crippen LogP) is 2.60. The summed E-state index contributed by atoms with van der Waals surface area (Å²) in [5, 5.41) is 2.87. The van der Waals surface area contributed by atoms with E-state index in [1.807, 2.05) is 6.92 Å². The molecule has 33 heavy (non-hydrogen) atoms. The van der Waals surface area contributed by atoms with E-state index in [9.17, 15) is 13.2 Å². The highest BCUT2D eigenvalue weighted by Gasteiger charge is 2.21. The summed E-state index contributed by atoms with van der Waals surface area (Å²) in [5.41, 5.74) is 0.475. The van der Waals surface area contributed by atoms with Gasteiger partial charge in [-0.15, -0.1) is 0 Å². The molecule has 0 aliphatic carbocycles. The smallest absolute Gasteiger partial charge is 0.232 e. The van der Waals surface area contributed by atoms with Gasteiger partial charge in [0.2, 0.25) is 15.9 Å². The maximum Gasteiger partial charge on any atom is 0.232 e. The molecule has 1 heterocycles. The van der Waals surface area contributed by atoms with Crippen LogP contribution in [0, 0.1) is 0 Å². The number of nitrogens with zero attached hydrogens (tertiary/aromatic N) is 1. The van der Waals surface area contributed by atoms with Gasteiger partial charge in [-0.2, -0.15) is 0 Å². The molecule has 1 unspecified atom stereocenters. The van der Waals surface area contributed by atoms with Gasteiger partial charge in [0, 0.05) is 19.0 Å². The molecule has 1 atom stereocenters. The minimum Gasteiger partial charge on any atom is -0.497 e. The third kappa shape index (κ3) is 7.18. The van der Waals surface area contributed by atoms with Crippen LogP contribution in [0.3, 0.4) is 0 Å². The Balaban J connectivity index is 1.47. The maximum atomic E-state index is 12.3. The number of fused-ring (bicyclic) bond motifs is 1. The Morgan fingerprint density at radius 1 is 1.09 bits per heavy atom. The summed E-state index contributed by atoms with van der Waals surface area (Å²) in [6.07, 6.45) is 1.69. The molecule has 0 spiro atoms. The Morgan fingerprint density at radius 2 is 1.76 bits per heavy atom. The van der Waals surface area contributed by atoms with Crippen molar-refractivity contribution in [2.75, 3.05) is 44.0 Å². The number of amides is 1. The van der Waals surface area contributed by atoms with Gasteiger partial charge < -0.3 is 24.3 Å². The van der Waals surface area contributed by atoms with Crippen molar-refractivity contribution in [3.05, 3.63) is 42.5 Å². The lowest BCUT2D eigenvalue weighted by molar-refractivity contribution is -0.121. The molecule has 0 radical (unpaired) electrons. The molecule has 0 aromatic heterocycles. The van der Waals surface area contributed by atoms with Crippen molar-refractivity contribution in [3.63, 3.8) is 0 Å². The molecule has 3 rings (SSSR count). The number of nitrogens with one attached hydrogen (secondary N) is 1. The SMILES string of the molecule is COc1ccc(OCC(C)NC(=O)CCCN(c2ccc3c(c2)OCCO3)S(C)(=O)=O)cc1. The number of hydrogen-bond donors (Lipinski definition) is 1. The second-order valence-electron chi connectivity index (χ2n) is 7.72. The zero-order chi connectivity index (χ0) is 23.8. The van der Waals surface area contributed by atoms with Crippen LogP contribution in [0.15, 0.2) is 42.5 Å². The van der Waals surface area contributed by atoms with Gasteiger partial charge in [0.05, 0.1) is 25.1 Å². The van der Waals surface area contributed by atoms with E-state index in [1.165, 1.54) is 4.31 Å². The summed E-state index contributed by atoms with van der Waals surface area (Å²) in [6.45, 7) is 3.20. The first-order valence-corrected chi connectivity index (χ1v) is 12.5. The highest BCUT2D eigenvalue weighted by molar-refractivity contribution is 7.92. The molecule has 2 aromatic rings. The lowest BCUT2D eigenvalue weighted by Crippen LogP contribution is -2.37. The van der Waals surface area contributed by atoms with E-state index in [-0.39, 0.29) is 24.9 Å². The number of methoxy groups -OCH3 is 1. The van der Waals surface area contributed by atoms with Gasteiger partial charge in [-0.1, -0.05) is 0 Å². The fourth-order valence-corrected chi connectivity index (χ4v) is 4.30. The zero-order valence-corrected chi connectivity index (χ0v) is 19.9. The summed E-state index contributed by atoms with van der Waals surface area (Å²) in [4.78, 5) is 12.3. The van der Waals surface area contributed by atoms with Crippen LogP contribution in [0.2, 0.25) is 0 Å². The number of hydrogen-bond acceptors (Lipinski definition) is 7. The van der Waals surface area contributed by atoms with Gasteiger partial charge in [0.1, 0.15) is 31.3 Å². The van der Waals surface area contributed by atoms with Crippen LogP contribution in [0.1, 0.15) is 19.8 Å². The molecule has 180 valence electrons. The molecule has 0 bridgehead atoms. The van der Waals surface area contributed by atoms with Gasteiger partial charge in [0.25, 0.3) is 0 Å². The Bertz CT molecular complexity index is 1040. The summed E-state index contributed by atoms with van der Waals surface area (Å²) >= 11 is 0. The second-order valence-corrected chi connectivity index (χ2v) is 9.63. The molecule has 1 aliphatic rings. The quantitative estimate of drug-likeness (QED) is 0.529. The molecular formula is C23H30N2O7S. The lowest BCUT2D eigenvalue weighted by Gasteiger charge is -2.25. The van der Waals surface area contributed by atoms with Gasteiger partial charge >= 0.3 is 0 Å². The largest absolute Gasteiger partial charge is 0.497 e. The van der Waals surface area contributed by atoms with Crippen LogP contribution in [-0.2, 0) is 14.8 Å². The molecule has 0 saturated heterocycles. The molecular weight excluding hydrogens is 448 g/mol. The zero-order valence-electron chi connectivity index (χ0n) is 19.1. The summed E-state index contributed by atoms with van der Waals surface area (Å²) in [6, 6.07) is 12.0. The lowest BCUT2D eigenvalue weighted by atomic mass is 10.2. The summed E-state index contributed by atoms with van der Waals surface area (Å²) in [7, 11) is -1.94. The molecule has 1 N–H and O–H groups in total. The first kappa shape index (κ1) is 24.5. The Hall–Kier alpha value is -3.14. The molecule has 0 fully saturated rings. The third-order valence-corrected chi connectivity index (χ3v) is 6.14. The average molecular weight is 479 g/mol. The van der Waals surface area contributed by atoms with E-state index < -0.39 is 10.0 Å². The maximum absolute atomic E-state index is 12.3. The molecule has 2 aromatic carbocycles. The van der Waals surface area contributed by atoms with Crippen molar-refractivity contribution in [1.82, 2.24) is 5.32 Å². The predicted molar refractivity (Wildman–Crippen MR) is 125 cm³/mol. The van der Waals surface area contributed by atoms with Gasteiger partial charge in [-0.05, 0) is 49.7 Å². The Kier molecular flexibility index (Phi) is 8.26. The number of ether oxygens (including phenoxy) is 4. The molecule has 10 heteroatoms. The van der Waals surface area contributed by atoms with E-state index in [1.54, 1.807) is 49.6 Å². The third-order valence-electron chi connectivity index (χ3n) is 4.95. The van der Waals surface area contributed by atoms with E-state index >= 15 is 0 Å². The average Bonchev–Trinajstić information content (AvgIpc) is 2.79. The van der Waals surface area contributed by atoms with Gasteiger partial charge in [-0.25, -0.2) is 8.42 Å². The Labute approximate surface area is 194 Å². The fourth-order valence-electron chi connectivity index (χ4n) is 3.34. The topological polar surface area (TPSA) is 103 Å². The first-order chi connectivity index (χ1) is 15.8. The molecule has 1 amide bonds. The fraction of sp³-hybridized carbons (Fsp3) is 0.435. The molecule has 1 aliphatic heterocycles. The van der Waals surface area contributed by atoms with Crippen molar-refractivity contribution in [1.29, 1.82) is 0 Å². The van der Waals surface area contributed by atoms with Crippen LogP contribution < -0.4 is 28.6 Å². The number of sulfonamides is 1. The van der Waals surface area contributed by atoms with Crippen LogP contribution in [0.4, 0.5) is 5.69 Å². The second kappa shape index (κ2) is 11.1. The van der Waals surface area contributed by atoms with Crippen molar-refractivity contribution in [3.8, 4) is 23.0 Å². The van der Waals surface area contributed by atoms with Crippen molar-refractivity contribution < 1.29 is 32.2 Å². The highest BCUT2D eigenvalue weighted by Crippen LogP contribution is 2.34. The van der Waals surface area contributed by atoms with Crippen molar-refractivity contribution in [2.24, 2.45) is 0 Å². The minimum atomic E-state index is -3.53. The van der Waals surface area contributed by atoms with Crippen LogP contribution in [-0.4, -0.2) is 60.1 Å². The van der Waals surface area contributed by atoms with Crippen LogP contribution >= 0.6 is 0 Å². The summed E-state index contributed by atoms with van der Waals surface area (Å²) in [5.74, 6) is 2.35. The van der Waals surface area contributed by atoms with E-state index in [0.717, 1.165) is 12.0 Å². The minimum absolute atomic E-state index is 0.169. The van der Waals surface area contributed by atoms with Crippen molar-refractivity contribution >= 4 is 21.6 Å². The number of rotatable bonds is 11. The number of carbonyl (C=O) groups is 1. The van der Waals surface area contributed by atoms with E-state index in [4.69, 9.17) is 18.9 Å². The molecule has 0 saturated carbocycles. The van der Waals surface area contributed by atoms with Gasteiger partial charge in [-0.3, -0.25) is 9.10 Å². The molecule has 9 nitrogen and oxygen atoms in total. The normalized spacial score (nSPS) is 13.7. The van der Waals surface area contributed by atoms with Crippen LogP contribution in [0.25, 0.3) is 0 Å². The Morgan fingerprint density at radius 3 is 2.42 bits per heavy atom. The van der Waals surface area contributed by atoms with Gasteiger partial charge in [0.15, 0.2) is 11.5 Å².